The Morgan fingerprint density at radius 2 is 1.83 bits per heavy atom. The molecule has 0 aliphatic carbocycles. The van der Waals surface area contributed by atoms with Crippen molar-refractivity contribution in [2.75, 3.05) is 46.3 Å². The van der Waals surface area contributed by atoms with Crippen LogP contribution in [0.5, 0.6) is 0 Å². The van der Waals surface area contributed by atoms with Crippen LogP contribution >= 0.6 is 0 Å². The third-order valence-corrected chi connectivity index (χ3v) is 5.21. The lowest BCUT2D eigenvalue weighted by Crippen LogP contribution is -2.61. The van der Waals surface area contributed by atoms with Crippen LogP contribution in [-0.2, 0) is 0 Å². The zero-order chi connectivity index (χ0) is 12.6. The van der Waals surface area contributed by atoms with Crippen molar-refractivity contribution in [3.8, 4) is 6.07 Å². The van der Waals surface area contributed by atoms with Crippen molar-refractivity contribution in [1.29, 1.82) is 5.26 Å². The van der Waals surface area contributed by atoms with E-state index in [1.807, 2.05) is 0 Å². The van der Waals surface area contributed by atoms with Crippen LogP contribution in [0.25, 0.3) is 0 Å². The molecule has 0 aromatic heterocycles. The predicted molar refractivity (Wildman–Crippen MR) is 71.2 cm³/mol. The Morgan fingerprint density at radius 1 is 1.06 bits per heavy atom. The van der Waals surface area contributed by atoms with Gasteiger partial charge in [-0.3, -0.25) is 9.80 Å². The lowest BCUT2D eigenvalue weighted by atomic mass is 9.84. The summed E-state index contributed by atoms with van der Waals surface area (Å²) in [6.07, 6.45) is 4.90. The highest BCUT2D eigenvalue weighted by atomic mass is 15.3. The molecule has 3 aliphatic rings. The van der Waals surface area contributed by atoms with Gasteiger partial charge in [0.1, 0.15) is 5.54 Å². The van der Waals surface area contributed by atoms with Gasteiger partial charge < -0.3 is 4.90 Å². The van der Waals surface area contributed by atoms with E-state index in [9.17, 15) is 5.26 Å². The molecule has 0 radical (unpaired) electrons. The number of nitriles is 1. The number of likely N-dealkylation sites (N-methyl/N-ethyl adjacent to an activating group) is 1. The number of nitrogens with zero attached hydrogens (tertiary/aromatic N) is 4. The maximum Gasteiger partial charge on any atom is 0.126 e. The molecule has 3 rings (SSSR count). The summed E-state index contributed by atoms with van der Waals surface area (Å²) < 4.78 is 0. The van der Waals surface area contributed by atoms with Crippen molar-refractivity contribution in [3.63, 3.8) is 0 Å². The summed E-state index contributed by atoms with van der Waals surface area (Å²) in [6, 6.07) is 3.23. The molecule has 3 fully saturated rings. The van der Waals surface area contributed by atoms with Gasteiger partial charge in [0.2, 0.25) is 0 Å². The van der Waals surface area contributed by atoms with E-state index in [1.165, 1.54) is 25.8 Å². The standard InChI is InChI=1S/C14H24N4/c1-16-8-10-18(11-9-16)14(12-15)5-7-17-6-3-2-4-13(14)17/h13H,2-11H2,1H3. The minimum atomic E-state index is -0.179. The molecule has 0 saturated carbocycles. The maximum atomic E-state index is 9.84. The van der Waals surface area contributed by atoms with E-state index >= 15 is 0 Å². The average molecular weight is 248 g/mol. The molecule has 0 N–H and O–H groups in total. The first-order chi connectivity index (χ1) is 8.76. The highest BCUT2D eigenvalue weighted by Crippen LogP contribution is 2.39. The van der Waals surface area contributed by atoms with Crippen molar-refractivity contribution >= 4 is 0 Å². The number of piperazine rings is 1. The van der Waals surface area contributed by atoms with Crippen molar-refractivity contribution in [2.24, 2.45) is 0 Å². The molecular weight excluding hydrogens is 224 g/mol. The summed E-state index contributed by atoms with van der Waals surface area (Å²) in [4.78, 5) is 7.43. The van der Waals surface area contributed by atoms with Crippen molar-refractivity contribution < 1.29 is 0 Å². The van der Waals surface area contributed by atoms with Crippen LogP contribution < -0.4 is 0 Å². The lowest BCUT2D eigenvalue weighted by molar-refractivity contribution is 0.0361. The van der Waals surface area contributed by atoms with Crippen molar-refractivity contribution in [3.05, 3.63) is 0 Å². The quantitative estimate of drug-likeness (QED) is 0.686. The second kappa shape index (κ2) is 4.80. The predicted octanol–water partition coefficient (Wildman–Crippen LogP) is 0.754. The van der Waals surface area contributed by atoms with Gasteiger partial charge in [-0.15, -0.1) is 0 Å². The number of hydrogen-bond donors (Lipinski definition) is 0. The van der Waals surface area contributed by atoms with Crippen LogP contribution in [0.1, 0.15) is 25.7 Å². The Bertz CT molecular complexity index is 342. The highest BCUT2D eigenvalue weighted by molar-refractivity contribution is 5.20. The fraction of sp³-hybridized carbons (Fsp3) is 0.929. The summed E-state index contributed by atoms with van der Waals surface area (Å²) in [6.45, 7) is 6.68. The van der Waals surface area contributed by atoms with Crippen LogP contribution in [0.15, 0.2) is 0 Å². The molecule has 100 valence electrons. The lowest BCUT2D eigenvalue weighted by Gasteiger charge is -2.46. The molecule has 3 heterocycles. The van der Waals surface area contributed by atoms with Gasteiger partial charge in [0.05, 0.1) is 6.07 Å². The third kappa shape index (κ3) is 1.85. The Balaban J connectivity index is 1.80. The Kier molecular flexibility index (Phi) is 3.31. The van der Waals surface area contributed by atoms with Gasteiger partial charge >= 0.3 is 0 Å². The Morgan fingerprint density at radius 3 is 2.56 bits per heavy atom. The van der Waals surface area contributed by atoms with E-state index in [1.54, 1.807) is 0 Å². The van der Waals surface area contributed by atoms with E-state index < -0.39 is 0 Å². The fourth-order valence-corrected chi connectivity index (χ4v) is 4.06. The Hall–Kier alpha value is -0.630. The minimum absolute atomic E-state index is 0.179. The second-order valence-electron chi connectivity index (χ2n) is 6.12. The molecule has 4 heteroatoms. The monoisotopic (exact) mass is 248 g/mol. The fourth-order valence-electron chi connectivity index (χ4n) is 4.06. The number of hydrogen-bond acceptors (Lipinski definition) is 4. The minimum Gasteiger partial charge on any atom is -0.304 e. The van der Waals surface area contributed by atoms with Gasteiger partial charge in [-0.1, -0.05) is 6.42 Å². The highest BCUT2D eigenvalue weighted by Gasteiger charge is 2.52. The SMILES string of the molecule is CN1CCN(C2(C#N)CCN3CCCCC32)CC1. The van der Waals surface area contributed by atoms with Crippen LogP contribution in [0.3, 0.4) is 0 Å². The van der Waals surface area contributed by atoms with E-state index in [2.05, 4.69) is 27.8 Å². The van der Waals surface area contributed by atoms with E-state index in [-0.39, 0.29) is 5.54 Å². The maximum absolute atomic E-state index is 9.84. The van der Waals surface area contributed by atoms with Crippen LogP contribution in [-0.4, -0.2) is 72.6 Å². The van der Waals surface area contributed by atoms with E-state index in [0.717, 1.165) is 39.1 Å². The van der Waals surface area contributed by atoms with Gasteiger partial charge in [-0.05, 0) is 32.9 Å². The summed E-state index contributed by atoms with van der Waals surface area (Å²) in [5.41, 5.74) is -0.179. The molecule has 0 amide bonds. The number of piperidine rings is 1. The van der Waals surface area contributed by atoms with Crippen LogP contribution in [0, 0.1) is 11.3 Å². The van der Waals surface area contributed by atoms with E-state index in [0.29, 0.717) is 6.04 Å². The molecule has 2 atom stereocenters. The van der Waals surface area contributed by atoms with Crippen molar-refractivity contribution in [2.45, 2.75) is 37.3 Å². The summed E-state index contributed by atoms with van der Waals surface area (Å²) >= 11 is 0. The molecule has 0 spiro atoms. The average Bonchev–Trinajstić information content (AvgIpc) is 2.80. The molecule has 3 aliphatic heterocycles. The molecule has 0 aromatic rings. The molecule has 0 aromatic carbocycles. The number of rotatable bonds is 1. The first-order valence-corrected chi connectivity index (χ1v) is 7.35. The van der Waals surface area contributed by atoms with Crippen molar-refractivity contribution in [1.82, 2.24) is 14.7 Å². The topological polar surface area (TPSA) is 33.5 Å². The molecule has 4 nitrogen and oxygen atoms in total. The van der Waals surface area contributed by atoms with E-state index in [4.69, 9.17) is 0 Å². The Labute approximate surface area is 110 Å². The van der Waals surface area contributed by atoms with Crippen LogP contribution in [0.4, 0.5) is 0 Å². The summed E-state index contributed by atoms with van der Waals surface area (Å²) in [7, 11) is 2.18. The normalized spacial score (nSPS) is 39.4. The molecule has 18 heavy (non-hydrogen) atoms. The van der Waals surface area contributed by atoms with Gasteiger partial charge in [0.25, 0.3) is 0 Å². The van der Waals surface area contributed by atoms with Gasteiger partial charge in [-0.25, -0.2) is 0 Å². The first kappa shape index (κ1) is 12.4. The second-order valence-corrected chi connectivity index (χ2v) is 6.12. The third-order valence-electron chi connectivity index (χ3n) is 5.21. The summed E-state index contributed by atoms with van der Waals surface area (Å²) in [5.74, 6) is 0. The first-order valence-electron chi connectivity index (χ1n) is 7.35. The van der Waals surface area contributed by atoms with Crippen LogP contribution in [0.2, 0.25) is 0 Å². The molecule has 3 saturated heterocycles. The number of fused-ring (bicyclic) bond motifs is 1. The molecule has 2 unspecified atom stereocenters. The van der Waals surface area contributed by atoms with Gasteiger partial charge in [-0.2, -0.15) is 5.26 Å². The van der Waals surface area contributed by atoms with Gasteiger partial charge in [0.15, 0.2) is 0 Å². The largest absolute Gasteiger partial charge is 0.304 e. The van der Waals surface area contributed by atoms with Gasteiger partial charge in [0, 0.05) is 38.8 Å². The zero-order valence-electron chi connectivity index (χ0n) is 11.4. The summed E-state index contributed by atoms with van der Waals surface area (Å²) in [5, 5.41) is 9.84. The zero-order valence-corrected chi connectivity index (χ0v) is 11.4. The molecular formula is C14H24N4. The smallest absolute Gasteiger partial charge is 0.126 e. The molecule has 0 bridgehead atoms.